The Hall–Kier alpha value is -3.14. The molecule has 0 spiro atoms. The SMILES string of the molecule is Cc1c(-c2cncc(C(=O)NCCCN)n2)[nH]c2ccc(OC(F)(F)F)cc12. The smallest absolute Gasteiger partial charge is 0.406 e. The van der Waals surface area contributed by atoms with Gasteiger partial charge in [0.25, 0.3) is 5.91 Å². The number of nitrogens with zero attached hydrogens (tertiary/aromatic N) is 2. The summed E-state index contributed by atoms with van der Waals surface area (Å²) in [5.41, 5.74) is 7.77. The summed E-state index contributed by atoms with van der Waals surface area (Å²) >= 11 is 0. The topological polar surface area (TPSA) is 106 Å². The van der Waals surface area contributed by atoms with Crippen LogP contribution < -0.4 is 15.8 Å². The van der Waals surface area contributed by atoms with Crippen LogP contribution >= 0.6 is 0 Å². The molecular formula is C18H18F3N5O2. The van der Waals surface area contributed by atoms with Gasteiger partial charge in [-0.05, 0) is 43.7 Å². The highest BCUT2D eigenvalue weighted by Crippen LogP contribution is 2.32. The van der Waals surface area contributed by atoms with Crippen LogP contribution in [0.4, 0.5) is 13.2 Å². The van der Waals surface area contributed by atoms with Gasteiger partial charge in [-0.1, -0.05) is 0 Å². The molecule has 148 valence electrons. The second kappa shape index (κ2) is 7.85. The van der Waals surface area contributed by atoms with Crippen molar-refractivity contribution in [3.63, 3.8) is 0 Å². The van der Waals surface area contributed by atoms with Crippen molar-refractivity contribution in [2.45, 2.75) is 19.7 Å². The molecule has 10 heteroatoms. The Kier molecular flexibility index (Phi) is 5.50. The Bertz CT molecular complexity index is 1000. The molecule has 0 aliphatic rings. The lowest BCUT2D eigenvalue weighted by Crippen LogP contribution is -2.27. The van der Waals surface area contributed by atoms with Crippen molar-refractivity contribution in [2.24, 2.45) is 5.73 Å². The van der Waals surface area contributed by atoms with E-state index in [1.54, 1.807) is 6.92 Å². The molecule has 0 saturated carbocycles. The first kappa shape index (κ1) is 19.6. The average molecular weight is 393 g/mol. The van der Waals surface area contributed by atoms with Crippen LogP contribution in [0.5, 0.6) is 5.75 Å². The number of halogens is 3. The molecule has 0 atom stereocenters. The zero-order valence-electron chi connectivity index (χ0n) is 14.9. The number of rotatable bonds is 6. The Morgan fingerprint density at radius 2 is 2.11 bits per heavy atom. The molecule has 2 heterocycles. The van der Waals surface area contributed by atoms with Gasteiger partial charge in [-0.2, -0.15) is 0 Å². The van der Waals surface area contributed by atoms with Gasteiger partial charge >= 0.3 is 6.36 Å². The van der Waals surface area contributed by atoms with E-state index in [0.29, 0.717) is 47.4 Å². The molecule has 2 aromatic heterocycles. The van der Waals surface area contributed by atoms with E-state index >= 15 is 0 Å². The highest BCUT2D eigenvalue weighted by atomic mass is 19.4. The van der Waals surface area contributed by atoms with Crippen LogP contribution in [-0.2, 0) is 0 Å². The van der Waals surface area contributed by atoms with Gasteiger partial charge < -0.3 is 20.8 Å². The number of benzene rings is 1. The number of fused-ring (bicyclic) bond motifs is 1. The molecule has 0 aliphatic carbocycles. The number of aromatic amines is 1. The average Bonchev–Trinajstić information content (AvgIpc) is 2.97. The van der Waals surface area contributed by atoms with Crippen LogP contribution in [0.3, 0.4) is 0 Å². The second-order valence-electron chi connectivity index (χ2n) is 6.07. The third-order valence-electron chi connectivity index (χ3n) is 4.05. The number of amides is 1. The van der Waals surface area contributed by atoms with E-state index in [1.807, 2.05) is 0 Å². The third kappa shape index (κ3) is 4.39. The van der Waals surface area contributed by atoms with Gasteiger partial charge in [-0.3, -0.25) is 9.78 Å². The molecule has 0 aliphatic heterocycles. The maximum atomic E-state index is 12.5. The van der Waals surface area contributed by atoms with Gasteiger partial charge in [0.15, 0.2) is 0 Å². The van der Waals surface area contributed by atoms with Gasteiger partial charge in [0, 0.05) is 17.4 Å². The number of aromatic nitrogens is 3. The quantitative estimate of drug-likeness (QED) is 0.559. The summed E-state index contributed by atoms with van der Waals surface area (Å²) in [7, 11) is 0. The summed E-state index contributed by atoms with van der Waals surface area (Å²) in [6.07, 6.45) is -1.31. The first-order valence-corrected chi connectivity index (χ1v) is 8.47. The van der Waals surface area contributed by atoms with E-state index in [1.165, 1.54) is 30.6 Å². The minimum atomic E-state index is -4.77. The van der Waals surface area contributed by atoms with Crippen molar-refractivity contribution < 1.29 is 22.7 Å². The Morgan fingerprint density at radius 1 is 1.32 bits per heavy atom. The Balaban J connectivity index is 1.92. The van der Waals surface area contributed by atoms with Gasteiger partial charge in [0.1, 0.15) is 17.1 Å². The van der Waals surface area contributed by atoms with Gasteiger partial charge in [-0.25, -0.2) is 4.98 Å². The fourth-order valence-corrected chi connectivity index (χ4v) is 2.75. The van der Waals surface area contributed by atoms with E-state index in [0.717, 1.165) is 0 Å². The van der Waals surface area contributed by atoms with Crippen LogP contribution in [0.15, 0.2) is 30.6 Å². The van der Waals surface area contributed by atoms with Crippen LogP contribution in [0.2, 0.25) is 0 Å². The highest BCUT2D eigenvalue weighted by molar-refractivity contribution is 5.93. The molecule has 0 bridgehead atoms. The molecule has 4 N–H and O–H groups in total. The number of aryl methyl sites for hydroxylation is 1. The van der Waals surface area contributed by atoms with Gasteiger partial charge in [0.05, 0.1) is 18.1 Å². The molecule has 3 rings (SSSR count). The first-order chi connectivity index (χ1) is 13.3. The largest absolute Gasteiger partial charge is 0.573 e. The number of carbonyl (C=O) groups is 1. The number of ether oxygens (including phenoxy) is 1. The van der Waals surface area contributed by atoms with E-state index in [-0.39, 0.29) is 17.4 Å². The molecule has 0 fully saturated rings. The predicted molar refractivity (Wildman–Crippen MR) is 96.7 cm³/mol. The van der Waals surface area contributed by atoms with Crippen LogP contribution in [-0.4, -0.2) is 40.3 Å². The fraction of sp³-hybridized carbons (Fsp3) is 0.278. The number of alkyl halides is 3. The molecule has 0 unspecified atom stereocenters. The summed E-state index contributed by atoms with van der Waals surface area (Å²) in [6.45, 7) is 2.62. The third-order valence-corrected chi connectivity index (χ3v) is 4.05. The second-order valence-corrected chi connectivity index (χ2v) is 6.07. The highest BCUT2D eigenvalue weighted by Gasteiger charge is 2.31. The van der Waals surface area contributed by atoms with Crippen LogP contribution in [0.1, 0.15) is 22.5 Å². The minimum absolute atomic E-state index is 0.133. The molecule has 0 saturated heterocycles. The summed E-state index contributed by atoms with van der Waals surface area (Å²) in [4.78, 5) is 23.6. The molecule has 0 radical (unpaired) electrons. The molecule has 7 nitrogen and oxygen atoms in total. The lowest BCUT2D eigenvalue weighted by atomic mass is 10.1. The van der Waals surface area contributed by atoms with E-state index in [9.17, 15) is 18.0 Å². The lowest BCUT2D eigenvalue weighted by Gasteiger charge is -2.08. The summed E-state index contributed by atoms with van der Waals surface area (Å²) in [6, 6.07) is 4.02. The monoisotopic (exact) mass is 393 g/mol. The predicted octanol–water partition coefficient (Wildman–Crippen LogP) is 2.91. The van der Waals surface area contributed by atoms with E-state index < -0.39 is 6.36 Å². The van der Waals surface area contributed by atoms with Crippen LogP contribution in [0, 0.1) is 6.92 Å². The summed E-state index contributed by atoms with van der Waals surface area (Å²) in [5, 5.41) is 3.25. The Morgan fingerprint density at radius 3 is 2.82 bits per heavy atom. The molecular weight excluding hydrogens is 375 g/mol. The van der Waals surface area contributed by atoms with Crippen molar-refractivity contribution in [3.05, 3.63) is 41.9 Å². The van der Waals surface area contributed by atoms with Crippen molar-refractivity contribution in [2.75, 3.05) is 13.1 Å². The zero-order chi connectivity index (χ0) is 20.3. The number of hydrogen-bond donors (Lipinski definition) is 3. The number of hydrogen-bond acceptors (Lipinski definition) is 5. The van der Waals surface area contributed by atoms with E-state index in [2.05, 4.69) is 25.0 Å². The van der Waals surface area contributed by atoms with E-state index in [4.69, 9.17) is 5.73 Å². The van der Waals surface area contributed by atoms with Gasteiger partial charge in [0.2, 0.25) is 0 Å². The number of nitrogens with two attached hydrogens (primary N) is 1. The number of H-pyrrole nitrogens is 1. The lowest BCUT2D eigenvalue weighted by molar-refractivity contribution is -0.274. The molecule has 1 aromatic carbocycles. The first-order valence-electron chi connectivity index (χ1n) is 8.47. The normalized spacial score (nSPS) is 11.6. The van der Waals surface area contributed by atoms with Gasteiger partial charge in [-0.15, -0.1) is 13.2 Å². The van der Waals surface area contributed by atoms with Crippen molar-refractivity contribution in [1.29, 1.82) is 0 Å². The summed E-state index contributed by atoms with van der Waals surface area (Å²) < 4.78 is 41.3. The van der Waals surface area contributed by atoms with Crippen molar-refractivity contribution in [3.8, 4) is 17.1 Å². The molecule has 28 heavy (non-hydrogen) atoms. The van der Waals surface area contributed by atoms with Crippen molar-refractivity contribution >= 4 is 16.8 Å². The number of carbonyl (C=O) groups excluding carboxylic acids is 1. The maximum absolute atomic E-state index is 12.5. The molecule has 1 amide bonds. The summed E-state index contributed by atoms with van der Waals surface area (Å²) in [5.74, 6) is -0.690. The van der Waals surface area contributed by atoms with Crippen LogP contribution in [0.25, 0.3) is 22.3 Å². The standard InChI is InChI=1S/C18H18F3N5O2/c1-10-12-7-11(28-18(19,20)21)3-4-13(12)26-16(10)14-8-23-9-15(25-14)17(27)24-6-2-5-22/h3-4,7-9,26H,2,5-6,22H2,1H3,(H,24,27). The fourth-order valence-electron chi connectivity index (χ4n) is 2.75. The number of nitrogens with one attached hydrogen (secondary N) is 2. The molecule has 3 aromatic rings. The zero-order valence-corrected chi connectivity index (χ0v) is 14.9. The maximum Gasteiger partial charge on any atom is 0.573 e. The van der Waals surface area contributed by atoms with Crippen molar-refractivity contribution in [1.82, 2.24) is 20.3 Å². The minimum Gasteiger partial charge on any atom is -0.406 e. The Labute approximate surface area is 158 Å².